The highest BCUT2D eigenvalue weighted by Crippen LogP contribution is 2.14. The van der Waals surface area contributed by atoms with Crippen LogP contribution in [0, 0.1) is 17.7 Å². The Morgan fingerprint density at radius 3 is 2.90 bits per heavy atom. The Hall–Kier alpha value is -2.78. The second-order valence-electron chi connectivity index (χ2n) is 3.79. The molecular weight excluding hydrogens is 259 g/mol. The number of anilines is 1. The maximum atomic E-state index is 13.5. The maximum Gasteiger partial charge on any atom is 0.257 e. The number of nitrogens with zero attached hydrogens (tertiary/aromatic N) is 2. The molecule has 2 aromatic rings. The van der Waals surface area contributed by atoms with E-state index in [4.69, 9.17) is 5.73 Å². The molecule has 0 spiro atoms. The van der Waals surface area contributed by atoms with Gasteiger partial charge in [-0.25, -0.2) is 4.39 Å². The summed E-state index contributed by atoms with van der Waals surface area (Å²) < 4.78 is 13.5. The van der Waals surface area contributed by atoms with Gasteiger partial charge in [0.1, 0.15) is 5.82 Å². The van der Waals surface area contributed by atoms with Crippen molar-refractivity contribution in [2.75, 3.05) is 11.9 Å². The number of benzene rings is 1. The summed E-state index contributed by atoms with van der Waals surface area (Å²) in [5, 5.41) is 9.83. The molecule has 6 heteroatoms. The molecule has 1 heterocycles. The van der Waals surface area contributed by atoms with Gasteiger partial charge in [0.2, 0.25) is 0 Å². The smallest absolute Gasteiger partial charge is 0.257 e. The van der Waals surface area contributed by atoms with E-state index in [9.17, 15) is 9.18 Å². The van der Waals surface area contributed by atoms with Crippen LogP contribution in [-0.2, 0) is 0 Å². The molecule has 1 aromatic heterocycles. The lowest BCUT2D eigenvalue weighted by Gasteiger charge is -2.05. The highest BCUT2D eigenvalue weighted by atomic mass is 19.1. The van der Waals surface area contributed by atoms with Crippen molar-refractivity contribution in [3.05, 3.63) is 53.6 Å². The molecule has 1 amide bonds. The third-order valence-corrected chi connectivity index (χ3v) is 2.40. The van der Waals surface area contributed by atoms with Gasteiger partial charge in [0.15, 0.2) is 0 Å². The fourth-order valence-electron chi connectivity index (χ4n) is 1.47. The summed E-state index contributed by atoms with van der Waals surface area (Å²) in [7, 11) is 0. The van der Waals surface area contributed by atoms with Crippen molar-refractivity contribution in [3.63, 3.8) is 0 Å². The van der Waals surface area contributed by atoms with Crippen molar-refractivity contribution in [1.82, 2.24) is 10.2 Å². The standard InChI is InChI=1S/C14H11FN4O/c15-13-4-3-12(8-10(13)2-1-6-16)19-14(20)11-5-7-17-18-9-11/h3-5,7-9H,6,16H2,(H,19,20). The minimum absolute atomic E-state index is 0.138. The van der Waals surface area contributed by atoms with Crippen LogP contribution in [0.1, 0.15) is 15.9 Å². The fourth-order valence-corrected chi connectivity index (χ4v) is 1.47. The Labute approximate surface area is 115 Å². The topological polar surface area (TPSA) is 80.9 Å². The molecule has 0 aliphatic carbocycles. The number of nitrogens with one attached hydrogen (secondary N) is 1. The van der Waals surface area contributed by atoms with Crippen LogP contribution in [-0.4, -0.2) is 22.6 Å². The quantitative estimate of drug-likeness (QED) is 0.803. The molecule has 20 heavy (non-hydrogen) atoms. The van der Waals surface area contributed by atoms with E-state index in [1.807, 2.05) is 0 Å². The van der Waals surface area contributed by atoms with E-state index >= 15 is 0 Å². The summed E-state index contributed by atoms with van der Waals surface area (Å²) in [5.74, 6) is 4.35. The largest absolute Gasteiger partial charge is 0.322 e. The lowest BCUT2D eigenvalue weighted by atomic mass is 10.2. The van der Waals surface area contributed by atoms with E-state index in [1.54, 1.807) is 0 Å². The molecule has 0 bridgehead atoms. The predicted octanol–water partition coefficient (Wildman–Crippen LogP) is 1.18. The molecule has 0 aliphatic heterocycles. The molecule has 0 aliphatic rings. The Morgan fingerprint density at radius 1 is 1.35 bits per heavy atom. The first-order chi connectivity index (χ1) is 9.70. The Morgan fingerprint density at radius 2 is 2.20 bits per heavy atom. The molecule has 0 unspecified atom stereocenters. The van der Waals surface area contributed by atoms with E-state index in [0.717, 1.165) is 0 Å². The van der Waals surface area contributed by atoms with Crippen molar-refractivity contribution in [2.24, 2.45) is 5.73 Å². The van der Waals surface area contributed by atoms with E-state index in [-0.39, 0.29) is 18.0 Å². The summed E-state index contributed by atoms with van der Waals surface area (Å²) in [6.45, 7) is 0.138. The van der Waals surface area contributed by atoms with Crippen molar-refractivity contribution < 1.29 is 9.18 Å². The number of halogens is 1. The molecule has 5 nitrogen and oxygen atoms in total. The Bertz CT molecular complexity index is 677. The van der Waals surface area contributed by atoms with E-state index in [1.165, 1.54) is 36.7 Å². The van der Waals surface area contributed by atoms with Crippen molar-refractivity contribution >= 4 is 11.6 Å². The van der Waals surface area contributed by atoms with Crippen molar-refractivity contribution in [2.45, 2.75) is 0 Å². The zero-order valence-corrected chi connectivity index (χ0v) is 10.4. The summed E-state index contributed by atoms with van der Waals surface area (Å²) in [6, 6.07) is 5.67. The van der Waals surface area contributed by atoms with Gasteiger partial charge in [-0.1, -0.05) is 11.8 Å². The number of carbonyl (C=O) groups is 1. The third-order valence-electron chi connectivity index (χ3n) is 2.40. The fraction of sp³-hybridized carbons (Fsp3) is 0.0714. The van der Waals surface area contributed by atoms with Crippen LogP contribution in [0.5, 0.6) is 0 Å². The molecule has 0 fully saturated rings. The number of carbonyl (C=O) groups excluding carboxylic acids is 1. The monoisotopic (exact) mass is 270 g/mol. The zero-order valence-electron chi connectivity index (χ0n) is 10.4. The minimum atomic E-state index is -0.463. The molecule has 0 saturated carbocycles. The average Bonchev–Trinajstić information content (AvgIpc) is 2.48. The van der Waals surface area contributed by atoms with Crippen LogP contribution in [0.2, 0.25) is 0 Å². The highest BCUT2D eigenvalue weighted by Gasteiger charge is 2.07. The summed E-state index contributed by atoms with van der Waals surface area (Å²) in [5.41, 5.74) is 6.22. The maximum absolute atomic E-state index is 13.5. The third kappa shape index (κ3) is 3.37. The van der Waals surface area contributed by atoms with Gasteiger partial charge in [-0.3, -0.25) is 4.79 Å². The first-order valence-corrected chi connectivity index (χ1v) is 5.77. The minimum Gasteiger partial charge on any atom is -0.322 e. The van der Waals surface area contributed by atoms with Gasteiger partial charge in [0.05, 0.1) is 30.1 Å². The first kappa shape index (κ1) is 13.6. The molecule has 0 radical (unpaired) electrons. The molecular formula is C14H11FN4O. The van der Waals surface area contributed by atoms with Gasteiger partial charge in [0.25, 0.3) is 5.91 Å². The molecule has 0 saturated heterocycles. The lowest BCUT2D eigenvalue weighted by molar-refractivity contribution is 0.102. The lowest BCUT2D eigenvalue weighted by Crippen LogP contribution is -2.12. The van der Waals surface area contributed by atoms with E-state index < -0.39 is 5.82 Å². The Balaban J connectivity index is 2.20. The zero-order chi connectivity index (χ0) is 14.4. The van der Waals surface area contributed by atoms with Crippen LogP contribution in [0.4, 0.5) is 10.1 Å². The predicted molar refractivity (Wildman–Crippen MR) is 72.3 cm³/mol. The van der Waals surface area contributed by atoms with Crippen LogP contribution in [0.3, 0.4) is 0 Å². The summed E-state index contributed by atoms with van der Waals surface area (Å²) in [6.07, 6.45) is 2.76. The highest BCUT2D eigenvalue weighted by molar-refractivity contribution is 6.04. The normalized spacial score (nSPS) is 9.50. The number of aromatic nitrogens is 2. The summed E-state index contributed by atoms with van der Waals surface area (Å²) in [4.78, 5) is 11.9. The van der Waals surface area contributed by atoms with Crippen molar-refractivity contribution in [3.8, 4) is 11.8 Å². The number of nitrogens with two attached hydrogens (primary N) is 1. The number of amides is 1. The summed E-state index contributed by atoms with van der Waals surface area (Å²) >= 11 is 0. The van der Waals surface area contributed by atoms with Crippen LogP contribution in [0.25, 0.3) is 0 Å². The Kier molecular flexibility index (Phi) is 4.37. The molecule has 0 atom stereocenters. The number of hydrogen-bond acceptors (Lipinski definition) is 4. The van der Waals surface area contributed by atoms with E-state index in [0.29, 0.717) is 11.3 Å². The second-order valence-corrected chi connectivity index (χ2v) is 3.79. The van der Waals surface area contributed by atoms with Gasteiger partial charge in [-0.05, 0) is 24.3 Å². The number of hydrogen-bond donors (Lipinski definition) is 2. The van der Waals surface area contributed by atoms with Crippen LogP contribution >= 0.6 is 0 Å². The van der Waals surface area contributed by atoms with Gasteiger partial charge in [-0.15, -0.1) is 0 Å². The van der Waals surface area contributed by atoms with Crippen LogP contribution < -0.4 is 11.1 Å². The molecule has 2 rings (SSSR count). The first-order valence-electron chi connectivity index (χ1n) is 5.77. The van der Waals surface area contributed by atoms with Crippen molar-refractivity contribution in [1.29, 1.82) is 0 Å². The van der Waals surface area contributed by atoms with Crippen LogP contribution in [0.15, 0.2) is 36.7 Å². The second kappa shape index (κ2) is 6.41. The molecule has 100 valence electrons. The SMILES string of the molecule is NCC#Cc1cc(NC(=O)c2ccnnc2)ccc1F. The van der Waals surface area contributed by atoms with Gasteiger partial charge in [0, 0.05) is 5.69 Å². The van der Waals surface area contributed by atoms with Gasteiger partial charge in [-0.2, -0.15) is 10.2 Å². The van der Waals surface area contributed by atoms with Gasteiger partial charge < -0.3 is 11.1 Å². The van der Waals surface area contributed by atoms with E-state index in [2.05, 4.69) is 27.4 Å². The molecule has 3 N–H and O–H groups in total. The molecule has 1 aromatic carbocycles. The number of rotatable bonds is 2. The van der Waals surface area contributed by atoms with Gasteiger partial charge >= 0.3 is 0 Å². The average molecular weight is 270 g/mol.